The first-order chi connectivity index (χ1) is 16.1. The maximum absolute atomic E-state index is 13.4. The van der Waals surface area contributed by atoms with Crippen LogP contribution in [0.1, 0.15) is 16.7 Å². The third kappa shape index (κ3) is 6.03. The predicted octanol–water partition coefficient (Wildman–Crippen LogP) is 4.48. The molecule has 0 unspecified atom stereocenters. The molecule has 3 rings (SSSR count). The normalized spacial score (nSPS) is 11.4. The minimum Gasteiger partial charge on any atom is -0.377 e. The van der Waals surface area contributed by atoms with Crippen LogP contribution in [0, 0.1) is 13.8 Å². The summed E-state index contributed by atoms with van der Waals surface area (Å²) in [4.78, 5) is 14.8. The Morgan fingerprint density at radius 2 is 1.71 bits per heavy atom. The largest absolute Gasteiger partial charge is 0.377 e. The molecule has 34 heavy (non-hydrogen) atoms. The molecule has 0 heterocycles. The number of halogens is 1. The molecule has 9 heteroatoms. The summed E-state index contributed by atoms with van der Waals surface area (Å²) in [7, 11) is -0.0870. The van der Waals surface area contributed by atoms with Crippen LogP contribution in [0.15, 0.2) is 81.2 Å². The molecule has 0 atom stereocenters. The number of hydrogen-bond donors (Lipinski definition) is 1. The van der Waals surface area contributed by atoms with Crippen molar-refractivity contribution in [3.63, 3.8) is 0 Å². The molecule has 0 spiro atoms. The van der Waals surface area contributed by atoms with Gasteiger partial charge in [-0.15, -0.1) is 0 Å². The lowest BCUT2D eigenvalue weighted by Gasteiger charge is -2.25. The first kappa shape index (κ1) is 25.5. The van der Waals surface area contributed by atoms with Crippen LogP contribution in [-0.2, 0) is 14.8 Å². The van der Waals surface area contributed by atoms with Crippen molar-refractivity contribution in [1.29, 1.82) is 0 Å². The number of hydrogen-bond acceptors (Lipinski definition) is 5. The Morgan fingerprint density at radius 3 is 2.35 bits per heavy atom. The zero-order chi connectivity index (χ0) is 24.9. The molecule has 0 aliphatic heterocycles. The zero-order valence-electron chi connectivity index (χ0n) is 19.5. The van der Waals surface area contributed by atoms with E-state index in [4.69, 9.17) is 0 Å². The average molecular weight is 543 g/mol. The standard InChI is InChI=1S/C25H27BrN4O3S/c1-18-10-11-19(2)24(14-18)30(34(32,33)21-8-6-5-7-9-21)17-25(31)28-27-16-20-12-13-23(29(3)4)22(26)15-20/h5-16H,17H2,1-4H3,(H,28,31)/b27-16-. The molecule has 0 aliphatic carbocycles. The summed E-state index contributed by atoms with van der Waals surface area (Å²) in [6.07, 6.45) is 1.51. The van der Waals surface area contributed by atoms with Gasteiger partial charge in [0.1, 0.15) is 6.54 Å². The van der Waals surface area contributed by atoms with Gasteiger partial charge in [-0.3, -0.25) is 9.10 Å². The van der Waals surface area contributed by atoms with Gasteiger partial charge >= 0.3 is 0 Å². The Bertz CT molecular complexity index is 1310. The molecular formula is C25H27BrN4O3S. The van der Waals surface area contributed by atoms with Crippen LogP contribution < -0.4 is 14.6 Å². The maximum Gasteiger partial charge on any atom is 0.264 e. The first-order valence-electron chi connectivity index (χ1n) is 10.5. The summed E-state index contributed by atoms with van der Waals surface area (Å²) < 4.78 is 28.9. The molecule has 0 fully saturated rings. The second kappa shape index (κ2) is 10.8. The van der Waals surface area contributed by atoms with Crippen molar-refractivity contribution in [2.24, 2.45) is 5.10 Å². The highest BCUT2D eigenvalue weighted by Gasteiger charge is 2.28. The van der Waals surface area contributed by atoms with E-state index < -0.39 is 22.5 Å². The van der Waals surface area contributed by atoms with E-state index in [1.165, 1.54) is 18.3 Å². The zero-order valence-corrected chi connectivity index (χ0v) is 21.9. The van der Waals surface area contributed by atoms with E-state index in [1.54, 1.807) is 24.3 Å². The minimum atomic E-state index is -3.97. The van der Waals surface area contributed by atoms with E-state index >= 15 is 0 Å². The Labute approximate surface area is 209 Å². The molecule has 0 saturated carbocycles. The minimum absolute atomic E-state index is 0.109. The average Bonchev–Trinajstić information content (AvgIpc) is 2.79. The summed E-state index contributed by atoms with van der Waals surface area (Å²) in [5.41, 5.74) is 6.31. The molecule has 0 aromatic heterocycles. The van der Waals surface area contributed by atoms with Gasteiger partial charge in [0, 0.05) is 18.6 Å². The van der Waals surface area contributed by atoms with Gasteiger partial charge < -0.3 is 4.90 Å². The van der Waals surface area contributed by atoms with Gasteiger partial charge in [0.2, 0.25) is 0 Å². The van der Waals surface area contributed by atoms with Gasteiger partial charge in [-0.2, -0.15) is 5.10 Å². The van der Waals surface area contributed by atoms with Crippen LogP contribution >= 0.6 is 15.9 Å². The van der Waals surface area contributed by atoms with Crippen molar-refractivity contribution in [2.75, 3.05) is 29.8 Å². The fourth-order valence-corrected chi connectivity index (χ4v) is 5.57. The number of rotatable bonds is 8. The Kier molecular flexibility index (Phi) is 8.11. The number of anilines is 2. The lowest BCUT2D eigenvalue weighted by molar-refractivity contribution is -0.119. The van der Waals surface area contributed by atoms with E-state index in [1.807, 2.05) is 63.2 Å². The van der Waals surface area contributed by atoms with Crippen molar-refractivity contribution < 1.29 is 13.2 Å². The lowest BCUT2D eigenvalue weighted by Crippen LogP contribution is -2.40. The van der Waals surface area contributed by atoms with Crippen molar-refractivity contribution >= 4 is 49.4 Å². The topological polar surface area (TPSA) is 82.1 Å². The molecule has 0 bridgehead atoms. The number of amides is 1. The molecule has 0 aliphatic rings. The monoisotopic (exact) mass is 542 g/mol. The second-order valence-corrected chi connectivity index (χ2v) is 10.7. The van der Waals surface area contributed by atoms with E-state index in [2.05, 4.69) is 26.5 Å². The summed E-state index contributed by atoms with van der Waals surface area (Å²) in [5, 5.41) is 4.02. The molecule has 7 nitrogen and oxygen atoms in total. The van der Waals surface area contributed by atoms with Gasteiger partial charge in [-0.1, -0.05) is 36.4 Å². The number of aryl methyl sites for hydroxylation is 2. The van der Waals surface area contributed by atoms with Crippen molar-refractivity contribution in [3.05, 3.63) is 87.9 Å². The van der Waals surface area contributed by atoms with Crippen molar-refractivity contribution in [3.8, 4) is 0 Å². The number of sulfonamides is 1. The van der Waals surface area contributed by atoms with Crippen LogP contribution in [0.4, 0.5) is 11.4 Å². The van der Waals surface area contributed by atoms with E-state index in [9.17, 15) is 13.2 Å². The number of carbonyl (C=O) groups is 1. The molecule has 0 saturated heterocycles. The van der Waals surface area contributed by atoms with Crippen molar-refractivity contribution in [1.82, 2.24) is 5.43 Å². The number of carbonyl (C=O) groups excluding carboxylic acids is 1. The summed E-state index contributed by atoms with van der Waals surface area (Å²) in [6, 6.07) is 19.3. The van der Waals surface area contributed by atoms with Crippen LogP contribution in [0.2, 0.25) is 0 Å². The van der Waals surface area contributed by atoms with Crippen LogP contribution in [0.25, 0.3) is 0 Å². The van der Waals surface area contributed by atoms with Gasteiger partial charge in [0.25, 0.3) is 15.9 Å². The number of benzene rings is 3. The second-order valence-electron chi connectivity index (χ2n) is 8.01. The number of hydrazone groups is 1. The highest BCUT2D eigenvalue weighted by Crippen LogP contribution is 2.28. The maximum atomic E-state index is 13.4. The predicted molar refractivity (Wildman–Crippen MR) is 141 cm³/mol. The van der Waals surface area contributed by atoms with Crippen LogP contribution in [0.5, 0.6) is 0 Å². The molecular weight excluding hydrogens is 516 g/mol. The highest BCUT2D eigenvalue weighted by molar-refractivity contribution is 9.10. The molecule has 1 amide bonds. The van der Waals surface area contributed by atoms with E-state index in [0.717, 1.165) is 31.2 Å². The van der Waals surface area contributed by atoms with Gasteiger partial charge in [-0.05, 0) is 76.8 Å². The molecule has 178 valence electrons. The first-order valence-corrected chi connectivity index (χ1v) is 12.8. The van der Waals surface area contributed by atoms with Crippen LogP contribution in [0.3, 0.4) is 0 Å². The SMILES string of the molecule is Cc1ccc(C)c(N(CC(=O)N/N=C\c2ccc(N(C)C)c(Br)c2)S(=O)(=O)c2ccccc2)c1. The van der Waals surface area contributed by atoms with Gasteiger partial charge in [0.05, 0.1) is 22.5 Å². The van der Waals surface area contributed by atoms with Crippen molar-refractivity contribution in [2.45, 2.75) is 18.7 Å². The molecule has 3 aromatic carbocycles. The van der Waals surface area contributed by atoms with Crippen LogP contribution in [-0.4, -0.2) is 41.2 Å². The fourth-order valence-electron chi connectivity index (χ4n) is 3.32. The molecule has 0 radical (unpaired) electrons. The summed E-state index contributed by atoms with van der Waals surface area (Å²) >= 11 is 3.52. The Morgan fingerprint density at radius 1 is 1.00 bits per heavy atom. The fraction of sp³-hybridized carbons (Fsp3) is 0.200. The Balaban J connectivity index is 1.84. The summed E-state index contributed by atoms with van der Waals surface area (Å²) in [5.74, 6) is -0.555. The molecule has 1 N–H and O–H groups in total. The number of nitrogens with zero attached hydrogens (tertiary/aromatic N) is 3. The lowest BCUT2D eigenvalue weighted by atomic mass is 10.1. The van der Waals surface area contributed by atoms with E-state index in [-0.39, 0.29) is 4.90 Å². The van der Waals surface area contributed by atoms with Gasteiger partial charge in [0.15, 0.2) is 0 Å². The quantitative estimate of drug-likeness (QED) is 0.336. The third-order valence-corrected chi connectivity index (χ3v) is 7.52. The summed E-state index contributed by atoms with van der Waals surface area (Å²) in [6.45, 7) is 3.27. The van der Waals surface area contributed by atoms with Gasteiger partial charge in [-0.25, -0.2) is 13.8 Å². The molecule has 3 aromatic rings. The number of nitrogens with one attached hydrogen (secondary N) is 1. The third-order valence-electron chi connectivity index (χ3n) is 5.11. The smallest absolute Gasteiger partial charge is 0.264 e. The Hall–Kier alpha value is -3.17. The highest BCUT2D eigenvalue weighted by atomic mass is 79.9. The van der Waals surface area contributed by atoms with E-state index in [0.29, 0.717) is 5.69 Å².